The highest BCUT2D eigenvalue weighted by atomic mass is 35.5. The van der Waals surface area contributed by atoms with E-state index in [9.17, 15) is 4.79 Å². The van der Waals surface area contributed by atoms with Crippen LogP contribution in [0, 0.1) is 0 Å². The van der Waals surface area contributed by atoms with Gasteiger partial charge in [0.1, 0.15) is 5.75 Å². The number of nitrogens with zero attached hydrogens (tertiary/aromatic N) is 3. The van der Waals surface area contributed by atoms with Crippen molar-refractivity contribution >= 4 is 41.0 Å². The fraction of sp³-hybridized carbons (Fsp3) is 0.333. The molecule has 1 saturated heterocycles. The van der Waals surface area contributed by atoms with Crippen molar-refractivity contribution in [1.29, 1.82) is 0 Å². The summed E-state index contributed by atoms with van der Waals surface area (Å²) >= 11 is 12.5. The molecule has 0 atom stereocenters. The number of rotatable bonds is 6. The Morgan fingerprint density at radius 2 is 1.89 bits per heavy atom. The van der Waals surface area contributed by atoms with Gasteiger partial charge in [0.2, 0.25) is 0 Å². The average Bonchev–Trinajstić information content (AvgIpc) is 3.08. The molecule has 1 fully saturated rings. The SMILES string of the molecule is O=C1N=Cc2ccc(OCCCN3CCN(c4cccc(Cl)c4Cl)CC3)cc21. The van der Waals surface area contributed by atoms with E-state index in [1.807, 2.05) is 30.3 Å². The molecule has 0 aliphatic carbocycles. The first-order valence-corrected chi connectivity index (χ1v) is 10.1. The predicted molar refractivity (Wildman–Crippen MR) is 114 cm³/mol. The molecule has 0 N–H and O–H groups in total. The second-order valence-electron chi connectivity index (χ2n) is 6.92. The third-order valence-electron chi connectivity index (χ3n) is 5.11. The molecule has 0 spiro atoms. The highest BCUT2D eigenvalue weighted by Gasteiger charge is 2.20. The largest absolute Gasteiger partial charge is 0.494 e. The number of anilines is 1. The Balaban J connectivity index is 1.21. The highest BCUT2D eigenvalue weighted by Crippen LogP contribution is 2.32. The first-order valence-electron chi connectivity index (χ1n) is 9.38. The Kier molecular flexibility index (Phi) is 5.85. The van der Waals surface area contributed by atoms with E-state index in [4.69, 9.17) is 27.9 Å². The lowest BCUT2D eigenvalue weighted by molar-refractivity contribution is 0.101. The number of fused-ring (bicyclic) bond motifs is 1. The second kappa shape index (κ2) is 8.52. The highest BCUT2D eigenvalue weighted by molar-refractivity contribution is 6.43. The minimum Gasteiger partial charge on any atom is -0.494 e. The minimum atomic E-state index is -0.196. The Bertz CT molecular complexity index is 909. The normalized spacial score (nSPS) is 16.5. The second-order valence-corrected chi connectivity index (χ2v) is 7.70. The lowest BCUT2D eigenvalue weighted by atomic mass is 10.1. The average molecular weight is 418 g/mol. The van der Waals surface area contributed by atoms with Crippen molar-refractivity contribution in [3.63, 3.8) is 0 Å². The number of hydrogen-bond acceptors (Lipinski definition) is 4. The molecule has 2 aromatic rings. The van der Waals surface area contributed by atoms with Crippen LogP contribution in [-0.2, 0) is 0 Å². The monoisotopic (exact) mass is 417 g/mol. The fourth-order valence-corrected chi connectivity index (χ4v) is 3.96. The number of carbonyl (C=O) groups is 1. The van der Waals surface area contributed by atoms with Crippen molar-refractivity contribution in [2.45, 2.75) is 6.42 Å². The Morgan fingerprint density at radius 1 is 1.07 bits per heavy atom. The number of halogens is 2. The van der Waals surface area contributed by atoms with Gasteiger partial charge in [0.25, 0.3) is 5.91 Å². The molecule has 0 radical (unpaired) electrons. The van der Waals surface area contributed by atoms with E-state index in [1.54, 1.807) is 12.3 Å². The maximum atomic E-state index is 11.6. The molecule has 2 heterocycles. The molecule has 0 bridgehead atoms. The molecular formula is C21H21Cl2N3O2. The fourth-order valence-electron chi connectivity index (χ4n) is 3.55. The molecule has 1 amide bonds. The molecule has 7 heteroatoms. The summed E-state index contributed by atoms with van der Waals surface area (Å²) < 4.78 is 5.81. The smallest absolute Gasteiger partial charge is 0.277 e. The maximum absolute atomic E-state index is 11.6. The third kappa shape index (κ3) is 4.17. The van der Waals surface area contributed by atoms with Crippen molar-refractivity contribution in [1.82, 2.24) is 4.90 Å². The van der Waals surface area contributed by atoms with Crippen LogP contribution in [0.25, 0.3) is 0 Å². The van der Waals surface area contributed by atoms with Crippen LogP contribution in [-0.4, -0.2) is 56.4 Å². The first kappa shape index (κ1) is 19.2. The van der Waals surface area contributed by atoms with Crippen LogP contribution in [0.1, 0.15) is 22.3 Å². The standard InChI is InChI=1S/C21H21Cl2N3O2/c22-18-3-1-4-19(20(18)23)26-10-8-25(9-11-26)7-2-12-28-16-6-5-15-14-24-21(27)17(15)13-16/h1,3-6,13-14H,2,7-12H2. The van der Waals surface area contributed by atoms with Crippen LogP contribution >= 0.6 is 23.2 Å². The van der Waals surface area contributed by atoms with E-state index in [0.717, 1.165) is 56.1 Å². The van der Waals surface area contributed by atoms with Crippen LogP contribution in [0.2, 0.25) is 10.0 Å². The summed E-state index contributed by atoms with van der Waals surface area (Å²) in [7, 11) is 0. The van der Waals surface area contributed by atoms with Crippen molar-refractivity contribution < 1.29 is 9.53 Å². The van der Waals surface area contributed by atoms with Crippen LogP contribution in [0.5, 0.6) is 5.75 Å². The quantitative estimate of drug-likeness (QED) is 0.661. The van der Waals surface area contributed by atoms with E-state index in [0.29, 0.717) is 22.2 Å². The molecule has 28 heavy (non-hydrogen) atoms. The summed E-state index contributed by atoms with van der Waals surface area (Å²) in [6, 6.07) is 11.3. The number of ether oxygens (including phenoxy) is 1. The van der Waals surface area contributed by atoms with Gasteiger partial charge in [-0.15, -0.1) is 0 Å². The Hall–Kier alpha value is -2.08. The molecule has 2 aliphatic rings. The molecule has 0 aromatic heterocycles. The third-order valence-corrected chi connectivity index (χ3v) is 5.92. The van der Waals surface area contributed by atoms with E-state index in [1.165, 1.54) is 0 Å². The van der Waals surface area contributed by atoms with Gasteiger partial charge in [0.05, 0.1) is 27.9 Å². The molecule has 4 rings (SSSR count). The first-order chi connectivity index (χ1) is 13.6. The van der Waals surface area contributed by atoms with E-state index < -0.39 is 0 Å². The van der Waals surface area contributed by atoms with Crippen LogP contribution in [0.15, 0.2) is 41.4 Å². The summed E-state index contributed by atoms with van der Waals surface area (Å²) in [5, 5.41) is 1.22. The summed E-state index contributed by atoms with van der Waals surface area (Å²) in [5.41, 5.74) is 2.48. The lowest BCUT2D eigenvalue weighted by Gasteiger charge is -2.36. The topological polar surface area (TPSA) is 45.1 Å². The van der Waals surface area contributed by atoms with Gasteiger partial charge in [-0.25, -0.2) is 4.99 Å². The zero-order valence-electron chi connectivity index (χ0n) is 15.4. The van der Waals surface area contributed by atoms with E-state index >= 15 is 0 Å². The van der Waals surface area contributed by atoms with Gasteiger partial charge in [-0.05, 0) is 36.8 Å². The van der Waals surface area contributed by atoms with Gasteiger partial charge < -0.3 is 9.64 Å². The van der Waals surface area contributed by atoms with Crippen LogP contribution < -0.4 is 9.64 Å². The van der Waals surface area contributed by atoms with Gasteiger partial charge in [-0.2, -0.15) is 0 Å². The maximum Gasteiger partial charge on any atom is 0.277 e. The zero-order valence-corrected chi connectivity index (χ0v) is 16.9. The van der Waals surface area contributed by atoms with Gasteiger partial charge in [0.15, 0.2) is 0 Å². The predicted octanol–water partition coefficient (Wildman–Crippen LogP) is 4.16. The molecule has 0 saturated carbocycles. The summed E-state index contributed by atoms with van der Waals surface area (Å²) in [6.45, 7) is 5.40. The Labute approximate surface area is 174 Å². The van der Waals surface area contributed by atoms with Gasteiger partial charge >= 0.3 is 0 Å². The van der Waals surface area contributed by atoms with Gasteiger partial charge in [-0.1, -0.05) is 29.3 Å². The van der Waals surface area contributed by atoms with Gasteiger partial charge in [0, 0.05) is 44.5 Å². The van der Waals surface area contributed by atoms with Crippen molar-refractivity contribution in [3.05, 3.63) is 57.6 Å². The minimum absolute atomic E-state index is 0.196. The zero-order chi connectivity index (χ0) is 19.5. The van der Waals surface area contributed by atoms with Crippen molar-refractivity contribution in [2.75, 3.05) is 44.2 Å². The summed E-state index contributed by atoms with van der Waals surface area (Å²) in [5.74, 6) is 0.524. The number of hydrogen-bond donors (Lipinski definition) is 0. The number of benzene rings is 2. The molecule has 2 aromatic carbocycles. The van der Waals surface area contributed by atoms with Crippen LogP contribution in [0.3, 0.4) is 0 Å². The number of aliphatic imine (C=N–C) groups is 1. The number of piperazine rings is 1. The molecule has 2 aliphatic heterocycles. The van der Waals surface area contributed by atoms with E-state index in [-0.39, 0.29) is 5.91 Å². The Morgan fingerprint density at radius 3 is 2.71 bits per heavy atom. The molecule has 146 valence electrons. The van der Waals surface area contributed by atoms with Gasteiger partial charge in [-0.3, -0.25) is 9.69 Å². The summed E-state index contributed by atoms with van der Waals surface area (Å²) in [6.07, 6.45) is 2.52. The number of carbonyl (C=O) groups excluding carboxylic acids is 1. The summed E-state index contributed by atoms with van der Waals surface area (Å²) in [4.78, 5) is 20.2. The molecule has 5 nitrogen and oxygen atoms in total. The van der Waals surface area contributed by atoms with E-state index in [2.05, 4.69) is 14.8 Å². The van der Waals surface area contributed by atoms with Crippen molar-refractivity contribution in [2.24, 2.45) is 4.99 Å². The van der Waals surface area contributed by atoms with Crippen LogP contribution in [0.4, 0.5) is 5.69 Å². The molecule has 0 unspecified atom stereocenters. The lowest BCUT2D eigenvalue weighted by Crippen LogP contribution is -2.46. The number of amides is 1. The molecular weight excluding hydrogens is 397 g/mol. The van der Waals surface area contributed by atoms with Crippen molar-refractivity contribution in [3.8, 4) is 5.75 Å².